The number of carbonyl (C=O) groups excluding carboxylic acids is 1. The smallest absolute Gasteiger partial charge is 0.235 e. The quantitative estimate of drug-likeness (QED) is 0.634. The predicted octanol–water partition coefficient (Wildman–Crippen LogP) is 2.79. The third-order valence-electron chi connectivity index (χ3n) is 2.93. The summed E-state index contributed by atoms with van der Waals surface area (Å²) in [7, 11) is 3.18. The molecule has 0 amide bonds. The molecule has 1 aliphatic rings. The first kappa shape index (κ1) is 12.1. The number of nitrogens with zero attached hydrogens (tertiary/aromatic N) is 1. The Morgan fingerprint density at radius 1 is 1.35 bits per heavy atom. The van der Waals surface area contributed by atoms with Crippen molar-refractivity contribution in [2.45, 2.75) is 18.4 Å². The van der Waals surface area contributed by atoms with Crippen LogP contribution in [0.1, 0.15) is 18.4 Å². The van der Waals surface area contributed by atoms with Gasteiger partial charge in [0.15, 0.2) is 0 Å². The molecule has 0 heterocycles. The topological polar surface area (TPSA) is 47.9 Å². The molecule has 0 unspecified atom stereocenters. The molecule has 1 aliphatic carbocycles. The monoisotopic (exact) mass is 297 g/mol. The molecule has 2 rings (SSSR count). The Morgan fingerprint density at radius 3 is 2.53 bits per heavy atom. The Kier molecular flexibility index (Phi) is 3.22. The summed E-state index contributed by atoms with van der Waals surface area (Å²) < 4.78 is 11.3. The van der Waals surface area contributed by atoms with Crippen LogP contribution >= 0.6 is 15.9 Å². The van der Waals surface area contributed by atoms with E-state index in [0.717, 1.165) is 22.9 Å². The summed E-state index contributed by atoms with van der Waals surface area (Å²) in [5.41, 5.74) is 0.433. The van der Waals surface area contributed by atoms with Crippen molar-refractivity contribution >= 4 is 22.0 Å². The van der Waals surface area contributed by atoms with Gasteiger partial charge < -0.3 is 9.47 Å². The van der Waals surface area contributed by atoms with Gasteiger partial charge in [0.05, 0.1) is 14.2 Å². The van der Waals surface area contributed by atoms with E-state index in [1.54, 1.807) is 26.4 Å². The Hall–Kier alpha value is -1.32. The van der Waals surface area contributed by atoms with Gasteiger partial charge in [-0.2, -0.15) is 4.99 Å². The molecule has 0 aliphatic heterocycles. The number of methoxy groups -OCH3 is 2. The van der Waals surface area contributed by atoms with E-state index in [2.05, 4.69) is 20.9 Å². The number of rotatable bonds is 4. The lowest BCUT2D eigenvalue weighted by Crippen LogP contribution is -2.06. The second kappa shape index (κ2) is 4.51. The first-order valence-corrected chi connectivity index (χ1v) is 5.97. The van der Waals surface area contributed by atoms with Crippen LogP contribution in [0.15, 0.2) is 21.6 Å². The van der Waals surface area contributed by atoms with E-state index in [1.807, 2.05) is 6.07 Å². The van der Waals surface area contributed by atoms with E-state index < -0.39 is 5.54 Å². The minimum absolute atomic E-state index is 0.460. The summed E-state index contributed by atoms with van der Waals surface area (Å²) in [5, 5.41) is 0. The van der Waals surface area contributed by atoms with E-state index >= 15 is 0 Å². The average molecular weight is 298 g/mol. The van der Waals surface area contributed by atoms with E-state index in [0.29, 0.717) is 11.5 Å². The summed E-state index contributed by atoms with van der Waals surface area (Å²) in [6.45, 7) is 0. The molecule has 0 N–H and O–H groups in total. The molecule has 5 heteroatoms. The lowest BCUT2D eigenvalue weighted by Gasteiger charge is -2.16. The summed E-state index contributed by atoms with van der Waals surface area (Å²) in [4.78, 5) is 14.4. The second-order valence-corrected chi connectivity index (χ2v) is 4.78. The molecular weight excluding hydrogens is 286 g/mol. The van der Waals surface area contributed by atoms with E-state index in [1.165, 1.54) is 0 Å². The van der Waals surface area contributed by atoms with Crippen LogP contribution in [-0.4, -0.2) is 20.3 Å². The van der Waals surface area contributed by atoms with E-state index in [-0.39, 0.29) is 0 Å². The number of hydrogen-bond acceptors (Lipinski definition) is 4. The van der Waals surface area contributed by atoms with Crippen LogP contribution in [0, 0.1) is 0 Å². The van der Waals surface area contributed by atoms with E-state index in [9.17, 15) is 4.79 Å². The maximum atomic E-state index is 10.5. The maximum Gasteiger partial charge on any atom is 0.235 e. The molecule has 1 fully saturated rings. The van der Waals surface area contributed by atoms with Gasteiger partial charge >= 0.3 is 0 Å². The van der Waals surface area contributed by atoms with Crippen molar-refractivity contribution in [2.75, 3.05) is 14.2 Å². The number of ether oxygens (including phenoxy) is 2. The zero-order valence-corrected chi connectivity index (χ0v) is 11.2. The van der Waals surface area contributed by atoms with Crippen molar-refractivity contribution in [2.24, 2.45) is 4.99 Å². The summed E-state index contributed by atoms with van der Waals surface area (Å²) in [6.07, 6.45) is 3.32. The molecule has 0 radical (unpaired) electrons. The first-order valence-electron chi connectivity index (χ1n) is 5.18. The van der Waals surface area contributed by atoms with Crippen LogP contribution in [0.5, 0.6) is 11.5 Å². The maximum absolute atomic E-state index is 10.5. The highest BCUT2D eigenvalue weighted by atomic mass is 79.9. The molecule has 1 saturated carbocycles. The predicted molar refractivity (Wildman–Crippen MR) is 66.3 cm³/mol. The van der Waals surface area contributed by atoms with Crippen molar-refractivity contribution < 1.29 is 14.3 Å². The zero-order valence-electron chi connectivity index (χ0n) is 9.62. The molecule has 1 aromatic carbocycles. The summed E-state index contributed by atoms with van der Waals surface area (Å²) >= 11 is 3.48. The van der Waals surface area contributed by atoms with Crippen molar-refractivity contribution in [3.05, 3.63) is 22.2 Å². The van der Waals surface area contributed by atoms with Crippen LogP contribution in [0.4, 0.5) is 0 Å². The fourth-order valence-electron chi connectivity index (χ4n) is 1.91. The molecule has 4 nitrogen and oxygen atoms in total. The van der Waals surface area contributed by atoms with Crippen molar-refractivity contribution in [1.82, 2.24) is 0 Å². The number of hydrogen-bond donors (Lipinski definition) is 0. The van der Waals surface area contributed by atoms with Gasteiger partial charge in [0.25, 0.3) is 0 Å². The van der Waals surface area contributed by atoms with Gasteiger partial charge in [0, 0.05) is 16.1 Å². The molecule has 0 bridgehead atoms. The second-order valence-electron chi connectivity index (χ2n) is 3.92. The first-order chi connectivity index (χ1) is 8.16. The highest BCUT2D eigenvalue weighted by Gasteiger charge is 2.48. The molecule has 0 spiro atoms. The van der Waals surface area contributed by atoms with Crippen LogP contribution in [0.25, 0.3) is 0 Å². The SMILES string of the molecule is COc1cc(Br)c(C2(N=C=O)CC2)c(OC)c1. The van der Waals surface area contributed by atoms with Gasteiger partial charge in [-0.05, 0) is 18.9 Å². The van der Waals surface area contributed by atoms with Gasteiger partial charge in [-0.1, -0.05) is 15.9 Å². The lowest BCUT2D eigenvalue weighted by molar-refractivity contribution is 0.387. The average Bonchev–Trinajstić information content (AvgIpc) is 3.08. The molecule has 90 valence electrons. The zero-order chi connectivity index (χ0) is 12.5. The minimum Gasteiger partial charge on any atom is -0.497 e. The van der Waals surface area contributed by atoms with Crippen molar-refractivity contribution in [1.29, 1.82) is 0 Å². The molecule has 0 atom stereocenters. The van der Waals surface area contributed by atoms with Crippen molar-refractivity contribution in [3.63, 3.8) is 0 Å². The minimum atomic E-state index is -0.460. The number of benzene rings is 1. The highest BCUT2D eigenvalue weighted by molar-refractivity contribution is 9.10. The number of isocyanates is 1. The summed E-state index contributed by atoms with van der Waals surface area (Å²) in [5.74, 6) is 1.37. The van der Waals surface area contributed by atoms with Gasteiger partial charge in [0.1, 0.15) is 17.0 Å². The van der Waals surface area contributed by atoms with Gasteiger partial charge in [-0.15, -0.1) is 0 Å². The largest absolute Gasteiger partial charge is 0.497 e. The molecule has 1 aromatic rings. The Balaban J connectivity index is 2.57. The molecular formula is C12H12BrNO3. The Bertz CT molecular complexity index is 491. The molecule has 0 aromatic heterocycles. The van der Waals surface area contributed by atoms with Gasteiger partial charge in [-0.3, -0.25) is 0 Å². The highest BCUT2D eigenvalue weighted by Crippen LogP contribution is 2.55. The Labute approximate surface area is 108 Å². The standard InChI is InChI=1S/C12H12BrNO3/c1-16-8-5-9(13)11(10(6-8)17-2)12(3-4-12)14-7-15/h5-6H,3-4H2,1-2H3. The summed E-state index contributed by atoms with van der Waals surface area (Å²) in [6, 6.07) is 3.64. The fourth-order valence-corrected chi connectivity index (χ4v) is 2.70. The van der Waals surface area contributed by atoms with Crippen LogP contribution in [-0.2, 0) is 10.3 Å². The third-order valence-corrected chi connectivity index (χ3v) is 3.56. The van der Waals surface area contributed by atoms with E-state index in [4.69, 9.17) is 9.47 Å². The fraction of sp³-hybridized carbons (Fsp3) is 0.417. The number of aliphatic imine (C=N–C) groups is 1. The lowest BCUT2D eigenvalue weighted by atomic mass is 10.0. The van der Waals surface area contributed by atoms with Gasteiger partial charge in [0.2, 0.25) is 6.08 Å². The Morgan fingerprint density at radius 2 is 2.06 bits per heavy atom. The van der Waals surface area contributed by atoms with Crippen LogP contribution in [0.2, 0.25) is 0 Å². The molecule has 0 saturated heterocycles. The van der Waals surface area contributed by atoms with Crippen LogP contribution in [0.3, 0.4) is 0 Å². The molecule has 17 heavy (non-hydrogen) atoms. The number of halogens is 1. The van der Waals surface area contributed by atoms with Crippen LogP contribution < -0.4 is 9.47 Å². The van der Waals surface area contributed by atoms with Crippen molar-refractivity contribution in [3.8, 4) is 11.5 Å². The normalized spacial score (nSPS) is 15.9. The van der Waals surface area contributed by atoms with Gasteiger partial charge in [-0.25, -0.2) is 4.79 Å². The third kappa shape index (κ3) is 2.08.